The van der Waals surface area contributed by atoms with Gasteiger partial charge in [-0.05, 0) is 67.3 Å². The monoisotopic (exact) mass is 487 g/mol. The van der Waals surface area contributed by atoms with Crippen LogP contribution < -0.4 is 5.73 Å². The van der Waals surface area contributed by atoms with Gasteiger partial charge in [0.2, 0.25) is 5.91 Å². The summed E-state index contributed by atoms with van der Waals surface area (Å²) in [4.78, 5) is 64.4. The van der Waals surface area contributed by atoms with Crippen molar-refractivity contribution in [2.24, 2.45) is 17.6 Å². The van der Waals surface area contributed by atoms with Crippen LogP contribution in [0.4, 0.5) is 9.59 Å². The number of amides is 3. The van der Waals surface area contributed by atoms with Crippen molar-refractivity contribution >= 4 is 30.0 Å². The summed E-state index contributed by atoms with van der Waals surface area (Å²) in [6.07, 6.45) is -1.32. The van der Waals surface area contributed by atoms with Crippen molar-refractivity contribution in [2.75, 3.05) is 19.6 Å². The van der Waals surface area contributed by atoms with Gasteiger partial charge in [-0.2, -0.15) is 4.90 Å². The number of ether oxygens (including phenoxy) is 2. The zero-order valence-electron chi connectivity index (χ0n) is 20.7. The molecule has 1 rings (SSSR count). The Balaban J connectivity index is 3.39. The van der Waals surface area contributed by atoms with Crippen LogP contribution in [0, 0.1) is 11.8 Å². The maximum absolute atomic E-state index is 13.5. The van der Waals surface area contributed by atoms with E-state index in [4.69, 9.17) is 15.2 Å². The van der Waals surface area contributed by atoms with Crippen LogP contribution in [-0.4, -0.2) is 86.9 Å². The summed E-state index contributed by atoms with van der Waals surface area (Å²) in [5.41, 5.74) is 3.58. The van der Waals surface area contributed by atoms with Crippen LogP contribution in [0.25, 0.3) is 0 Å². The lowest BCUT2D eigenvalue weighted by Gasteiger charge is -2.34. The molecule has 4 N–H and O–H groups in total. The molecule has 194 valence electrons. The number of unbranched alkanes of at least 4 members (excludes halogenated alkanes) is 1. The molecule has 0 radical (unpaired) electrons. The number of carbonyl (C=O) groups is 5. The first kappa shape index (κ1) is 29.1. The second kappa shape index (κ2) is 11.5. The van der Waals surface area contributed by atoms with Gasteiger partial charge in [-0.3, -0.25) is 14.4 Å². The van der Waals surface area contributed by atoms with Crippen LogP contribution in [0.15, 0.2) is 0 Å². The number of imide groups is 1. The van der Waals surface area contributed by atoms with Crippen LogP contribution in [0.5, 0.6) is 0 Å². The third-order valence-corrected chi connectivity index (χ3v) is 4.97. The number of hydrogen-bond donors (Lipinski definition) is 3. The molecule has 34 heavy (non-hydrogen) atoms. The number of carboxylic acids is 2. The average molecular weight is 488 g/mol. The lowest BCUT2D eigenvalue weighted by molar-refractivity contribution is -0.151. The Bertz CT molecular complexity index is 735. The average Bonchev–Trinajstić information content (AvgIpc) is 3.10. The van der Waals surface area contributed by atoms with Gasteiger partial charge in [0, 0.05) is 13.1 Å². The molecule has 2 unspecified atom stereocenters. The molecule has 1 heterocycles. The summed E-state index contributed by atoms with van der Waals surface area (Å²) < 4.78 is 10.7. The highest BCUT2D eigenvalue weighted by Gasteiger charge is 2.48. The van der Waals surface area contributed by atoms with Crippen molar-refractivity contribution in [3.8, 4) is 0 Å². The fourth-order valence-electron chi connectivity index (χ4n) is 3.49. The van der Waals surface area contributed by atoms with E-state index in [0.717, 1.165) is 4.90 Å². The van der Waals surface area contributed by atoms with Crippen LogP contribution >= 0.6 is 0 Å². The summed E-state index contributed by atoms with van der Waals surface area (Å²) in [5.74, 6) is -6.09. The topological polar surface area (TPSA) is 177 Å². The molecular weight excluding hydrogens is 450 g/mol. The van der Waals surface area contributed by atoms with Crippen LogP contribution in [-0.2, 0) is 23.9 Å². The Morgan fingerprint density at radius 2 is 1.29 bits per heavy atom. The van der Waals surface area contributed by atoms with Crippen LogP contribution in [0.2, 0.25) is 0 Å². The Hall–Kier alpha value is -2.89. The summed E-state index contributed by atoms with van der Waals surface area (Å²) in [6.45, 7) is 9.16. The molecule has 1 aliphatic heterocycles. The maximum Gasteiger partial charge on any atom is 0.420 e. The first-order chi connectivity index (χ1) is 15.5. The summed E-state index contributed by atoms with van der Waals surface area (Å²) >= 11 is 0. The molecule has 0 aromatic heterocycles. The first-order valence-corrected chi connectivity index (χ1v) is 11.2. The standard InChI is InChI=1S/C22H37N3O9/c1-21(2,3)33-19(31)25(20(32)34-22(4,5)6)15(9-7-8-10-23)16(26)24-11-13(17(27)28)14(12-24)18(29)30/h13-15H,7-12,23H2,1-6H3,(H,27,28)(H,29,30)/t13?,14?,15-/m0/s1. The number of nitrogens with two attached hydrogens (primary N) is 1. The Labute approximate surface area is 199 Å². The fourth-order valence-corrected chi connectivity index (χ4v) is 3.49. The molecule has 1 fully saturated rings. The summed E-state index contributed by atoms with van der Waals surface area (Å²) in [7, 11) is 0. The molecule has 3 amide bonds. The van der Waals surface area contributed by atoms with E-state index in [2.05, 4.69) is 0 Å². The lowest BCUT2D eigenvalue weighted by Crippen LogP contribution is -2.55. The van der Waals surface area contributed by atoms with Crippen molar-refractivity contribution in [1.82, 2.24) is 9.80 Å². The van der Waals surface area contributed by atoms with E-state index in [1.165, 1.54) is 0 Å². The SMILES string of the molecule is CC(C)(C)OC(=O)N(C(=O)OC(C)(C)C)[C@@H](CCCCN)C(=O)N1CC(C(=O)O)C(C(=O)O)C1. The highest BCUT2D eigenvalue weighted by molar-refractivity contribution is 5.96. The minimum absolute atomic E-state index is 0.0144. The Morgan fingerprint density at radius 3 is 1.62 bits per heavy atom. The minimum atomic E-state index is -1.39. The molecule has 0 saturated carbocycles. The van der Waals surface area contributed by atoms with E-state index >= 15 is 0 Å². The normalized spacial score (nSPS) is 19.3. The third kappa shape index (κ3) is 8.47. The second-order valence-electron chi connectivity index (χ2n) is 10.3. The zero-order valence-corrected chi connectivity index (χ0v) is 20.7. The second-order valence-corrected chi connectivity index (χ2v) is 10.3. The minimum Gasteiger partial charge on any atom is -0.481 e. The van der Waals surface area contributed by atoms with Crippen molar-refractivity contribution in [2.45, 2.75) is 78.0 Å². The maximum atomic E-state index is 13.5. The van der Waals surface area contributed by atoms with E-state index in [9.17, 15) is 34.2 Å². The highest BCUT2D eigenvalue weighted by Crippen LogP contribution is 2.27. The smallest absolute Gasteiger partial charge is 0.420 e. The Kier molecular flexibility index (Phi) is 9.85. The number of carbonyl (C=O) groups excluding carboxylic acids is 3. The van der Waals surface area contributed by atoms with Crippen molar-refractivity contribution in [1.29, 1.82) is 0 Å². The molecule has 1 saturated heterocycles. The highest BCUT2D eigenvalue weighted by atomic mass is 16.6. The predicted molar refractivity (Wildman–Crippen MR) is 120 cm³/mol. The molecule has 0 aromatic carbocycles. The number of hydrogen-bond acceptors (Lipinski definition) is 8. The fraction of sp³-hybridized carbons (Fsp3) is 0.773. The largest absolute Gasteiger partial charge is 0.481 e. The van der Waals surface area contributed by atoms with E-state index in [1.807, 2.05) is 0 Å². The van der Waals surface area contributed by atoms with Gasteiger partial charge in [-0.1, -0.05) is 0 Å². The van der Waals surface area contributed by atoms with Crippen molar-refractivity contribution in [3.05, 3.63) is 0 Å². The van der Waals surface area contributed by atoms with Gasteiger partial charge in [0.1, 0.15) is 17.2 Å². The predicted octanol–water partition coefficient (Wildman–Crippen LogP) is 1.90. The number of likely N-dealkylation sites (tertiary alicyclic amines) is 1. The van der Waals surface area contributed by atoms with Crippen LogP contribution in [0.3, 0.4) is 0 Å². The molecule has 0 aliphatic carbocycles. The van der Waals surface area contributed by atoms with Gasteiger partial charge < -0.3 is 30.3 Å². The summed E-state index contributed by atoms with van der Waals surface area (Å²) in [5, 5.41) is 18.8. The van der Waals surface area contributed by atoms with Crippen molar-refractivity contribution < 1.29 is 43.7 Å². The first-order valence-electron chi connectivity index (χ1n) is 11.2. The van der Waals surface area contributed by atoms with Gasteiger partial charge in [-0.15, -0.1) is 0 Å². The molecule has 3 atom stereocenters. The quantitative estimate of drug-likeness (QED) is 0.428. The lowest BCUT2D eigenvalue weighted by atomic mass is 9.97. The Morgan fingerprint density at radius 1 is 0.882 bits per heavy atom. The molecule has 12 nitrogen and oxygen atoms in total. The summed E-state index contributed by atoms with van der Waals surface area (Å²) in [6, 6.07) is -1.39. The van der Waals surface area contributed by atoms with E-state index < -0.39 is 59.1 Å². The third-order valence-electron chi connectivity index (χ3n) is 4.97. The van der Waals surface area contributed by atoms with Gasteiger partial charge >= 0.3 is 24.1 Å². The number of nitrogens with zero attached hydrogens (tertiary/aromatic N) is 2. The molecule has 12 heteroatoms. The molecule has 0 spiro atoms. The number of aliphatic carboxylic acids is 2. The van der Waals surface area contributed by atoms with E-state index in [1.54, 1.807) is 41.5 Å². The van der Waals surface area contributed by atoms with Crippen LogP contribution in [0.1, 0.15) is 60.8 Å². The number of rotatable bonds is 8. The van der Waals surface area contributed by atoms with Gasteiger partial charge in [0.15, 0.2) is 0 Å². The number of carboxylic acid groups (broad SMARTS) is 2. The van der Waals surface area contributed by atoms with E-state index in [0.29, 0.717) is 24.3 Å². The zero-order chi connectivity index (χ0) is 26.4. The van der Waals surface area contributed by atoms with Gasteiger partial charge in [0.25, 0.3) is 0 Å². The van der Waals surface area contributed by atoms with Gasteiger partial charge in [0.05, 0.1) is 11.8 Å². The molecule has 0 aromatic rings. The molecule has 0 bridgehead atoms. The van der Waals surface area contributed by atoms with Crippen molar-refractivity contribution in [3.63, 3.8) is 0 Å². The molecule has 1 aliphatic rings. The van der Waals surface area contributed by atoms with Gasteiger partial charge in [-0.25, -0.2) is 9.59 Å². The van der Waals surface area contributed by atoms with E-state index in [-0.39, 0.29) is 19.5 Å². The molecular formula is C22H37N3O9.